The summed E-state index contributed by atoms with van der Waals surface area (Å²) in [6, 6.07) is 0. The third-order valence-electron chi connectivity index (χ3n) is 4.76. The summed E-state index contributed by atoms with van der Waals surface area (Å²) in [6.45, 7) is 7.96. The van der Waals surface area contributed by atoms with E-state index < -0.39 is 0 Å². The van der Waals surface area contributed by atoms with Crippen molar-refractivity contribution in [2.75, 3.05) is 32.7 Å². The summed E-state index contributed by atoms with van der Waals surface area (Å²) < 4.78 is 5.48. The zero-order chi connectivity index (χ0) is 13.8. The van der Waals surface area contributed by atoms with Crippen LogP contribution in [0.3, 0.4) is 0 Å². The SMILES string of the molecule is CCN1CCC(Cc2noc(C3CCCNC3)n2)CC1. The quantitative estimate of drug-likeness (QED) is 0.910. The van der Waals surface area contributed by atoms with Crippen LogP contribution in [0.25, 0.3) is 0 Å². The first-order valence-electron chi connectivity index (χ1n) is 8.10. The first-order chi connectivity index (χ1) is 9.85. The van der Waals surface area contributed by atoms with Gasteiger partial charge < -0.3 is 14.7 Å². The second-order valence-corrected chi connectivity index (χ2v) is 6.17. The first kappa shape index (κ1) is 14.0. The minimum atomic E-state index is 0.423. The number of hydrogen-bond donors (Lipinski definition) is 1. The number of nitrogens with zero attached hydrogens (tertiary/aromatic N) is 3. The molecule has 0 spiro atoms. The fraction of sp³-hybridized carbons (Fsp3) is 0.867. The van der Waals surface area contributed by atoms with E-state index in [4.69, 9.17) is 4.52 Å². The Morgan fingerprint density at radius 1 is 1.30 bits per heavy atom. The van der Waals surface area contributed by atoms with Gasteiger partial charge >= 0.3 is 0 Å². The molecule has 112 valence electrons. The molecule has 1 aromatic heterocycles. The van der Waals surface area contributed by atoms with E-state index in [0.717, 1.165) is 37.1 Å². The van der Waals surface area contributed by atoms with Crippen LogP contribution in [0.15, 0.2) is 4.52 Å². The van der Waals surface area contributed by atoms with E-state index in [9.17, 15) is 0 Å². The maximum absolute atomic E-state index is 5.48. The summed E-state index contributed by atoms with van der Waals surface area (Å²) in [7, 11) is 0. The minimum absolute atomic E-state index is 0.423. The predicted octanol–water partition coefficient (Wildman–Crippen LogP) is 1.81. The smallest absolute Gasteiger partial charge is 0.231 e. The van der Waals surface area contributed by atoms with E-state index in [0.29, 0.717) is 5.92 Å². The molecule has 5 nitrogen and oxygen atoms in total. The number of piperidine rings is 2. The molecule has 1 atom stereocenters. The Morgan fingerprint density at radius 2 is 2.15 bits per heavy atom. The average molecular weight is 278 g/mol. The van der Waals surface area contributed by atoms with Gasteiger partial charge in [0.25, 0.3) is 0 Å². The third-order valence-corrected chi connectivity index (χ3v) is 4.76. The molecule has 1 aromatic rings. The molecule has 0 saturated carbocycles. The lowest BCUT2D eigenvalue weighted by molar-refractivity contribution is 0.190. The van der Waals surface area contributed by atoms with Crippen molar-refractivity contribution in [2.45, 2.75) is 44.9 Å². The summed E-state index contributed by atoms with van der Waals surface area (Å²) in [5.74, 6) is 2.92. The highest BCUT2D eigenvalue weighted by molar-refractivity contribution is 4.97. The van der Waals surface area contributed by atoms with Crippen molar-refractivity contribution in [3.8, 4) is 0 Å². The van der Waals surface area contributed by atoms with E-state index >= 15 is 0 Å². The van der Waals surface area contributed by atoms with Crippen LogP contribution in [-0.4, -0.2) is 47.8 Å². The lowest BCUT2D eigenvalue weighted by atomic mass is 9.93. The Kier molecular flexibility index (Phi) is 4.68. The largest absolute Gasteiger partial charge is 0.339 e. The fourth-order valence-electron chi connectivity index (χ4n) is 3.34. The molecule has 0 bridgehead atoms. The lowest BCUT2D eigenvalue weighted by Crippen LogP contribution is -2.34. The van der Waals surface area contributed by atoms with Gasteiger partial charge in [-0.05, 0) is 57.8 Å². The number of nitrogens with one attached hydrogen (secondary N) is 1. The van der Waals surface area contributed by atoms with Gasteiger partial charge in [0.1, 0.15) is 0 Å². The Morgan fingerprint density at radius 3 is 2.85 bits per heavy atom. The molecule has 0 radical (unpaired) electrons. The Hall–Kier alpha value is -0.940. The van der Waals surface area contributed by atoms with Gasteiger partial charge in [0.05, 0.1) is 5.92 Å². The first-order valence-corrected chi connectivity index (χ1v) is 8.10. The van der Waals surface area contributed by atoms with Crippen LogP contribution in [0.5, 0.6) is 0 Å². The lowest BCUT2D eigenvalue weighted by Gasteiger charge is -2.30. The monoisotopic (exact) mass is 278 g/mol. The van der Waals surface area contributed by atoms with Gasteiger partial charge in [0.2, 0.25) is 5.89 Å². The van der Waals surface area contributed by atoms with Gasteiger partial charge in [0.15, 0.2) is 5.82 Å². The molecule has 2 aliphatic rings. The van der Waals surface area contributed by atoms with Crippen LogP contribution < -0.4 is 5.32 Å². The molecular formula is C15H26N4O. The van der Waals surface area contributed by atoms with E-state index in [1.54, 1.807) is 0 Å². The molecule has 1 N–H and O–H groups in total. The summed E-state index contributed by atoms with van der Waals surface area (Å²) in [4.78, 5) is 7.16. The van der Waals surface area contributed by atoms with E-state index in [1.807, 2.05) is 0 Å². The number of hydrogen-bond acceptors (Lipinski definition) is 5. The predicted molar refractivity (Wildman–Crippen MR) is 77.7 cm³/mol. The molecule has 2 saturated heterocycles. The van der Waals surface area contributed by atoms with Crippen molar-refractivity contribution < 1.29 is 4.52 Å². The highest BCUT2D eigenvalue weighted by atomic mass is 16.5. The molecule has 5 heteroatoms. The fourth-order valence-corrected chi connectivity index (χ4v) is 3.34. The molecule has 1 unspecified atom stereocenters. The van der Waals surface area contributed by atoms with Crippen LogP contribution in [0, 0.1) is 5.92 Å². The summed E-state index contributed by atoms with van der Waals surface area (Å²) in [5.41, 5.74) is 0. The van der Waals surface area contributed by atoms with E-state index in [2.05, 4.69) is 27.3 Å². The molecule has 20 heavy (non-hydrogen) atoms. The maximum atomic E-state index is 5.48. The zero-order valence-electron chi connectivity index (χ0n) is 12.5. The molecule has 2 aliphatic heterocycles. The van der Waals surface area contributed by atoms with Crippen molar-refractivity contribution in [3.05, 3.63) is 11.7 Å². The topological polar surface area (TPSA) is 54.2 Å². The van der Waals surface area contributed by atoms with E-state index in [-0.39, 0.29) is 0 Å². The highest BCUT2D eigenvalue weighted by Gasteiger charge is 2.24. The Labute approximate surface area is 121 Å². The number of rotatable bonds is 4. The van der Waals surface area contributed by atoms with Crippen LogP contribution in [0.2, 0.25) is 0 Å². The Balaban J connectivity index is 1.52. The van der Waals surface area contributed by atoms with Gasteiger partial charge in [-0.1, -0.05) is 12.1 Å². The zero-order valence-corrected chi connectivity index (χ0v) is 12.5. The standard InChI is InChI=1S/C15H26N4O/c1-2-19-8-5-12(6-9-19)10-14-17-15(20-18-14)13-4-3-7-16-11-13/h12-13,16H,2-11H2,1H3. The van der Waals surface area contributed by atoms with Crippen LogP contribution in [0.1, 0.15) is 50.2 Å². The average Bonchev–Trinajstić information content (AvgIpc) is 2.97. The normalized spacial score (nSPS) is 25.9. The van der Waals surface area contributed by atoms with Crippen LogP contribution in [0.4, 0.5) is 0 Å². The van der Waals surface area contributed by atoms with Crippen LogP contribution in [-0.2, 0) is 6.42 Å². The second kappa shape index (κ2) is 6.68. The van der Waals surface area contributed by atoms with Gasteiger partial charge in [-0.2, -0.15) is 4.98 Å². The molecule has 3 heterocycles. The molecule has 0 aromatic carbocycles. The Bertz CT molecular complexity index is 406. The van der Waals surface area contributed by atoms with Crippen LogP contribution >= 0.6 is 0 Å². The van der Waals surface area contributed by atoms with E-state index in [1.165, 1.54) is 45.3 Å². The van der Waals surface area contributed by atoms with Crippen molar-refractivity contribution in [3.63, 3.8) is 0 Å². The molecule has 0 aliphatic carbocycles. The number of likely N-dealkylation sites (tertiary alicyclic amines) is 1. The molecule has 3 rings (SSSR count). The third kappa shape index (κ3) is 3.38. The summed E-state index contributed by atoms with van der Waals surface area (Å²) >= 11 is 0. The summed E-state index contributed by atoms with van der Waals surface area (Å²) in [5, 5.41) is 7.60. The van der Waals surface area contributed by atoms with Crippen molar-refractivity contribution >= 4 is 0 Å². The molecule has 0 amide bonds. The maximum Gasteiger partial charge on any atom is 0.231 e. The minimum Gasteiger partial charge on any atom is -0.339 e. The second-order valence-electron chi connectivity index (χ2n) is 6.17. The van der Waals surface area contributed by atoms with Gasteiger partial charge in [-0.25, -0.2) is 0 Å². The highest BCUT2D eigenvalue weighted by Crippen LogP contribution is 2.24. The number of aromatic nitrogens is 2. The van der Waals surface area contributed by atoms with Crippen molar-refractivity contribution in [1.82, 2.24) is 20.4 Å². The molecular weight excluding hydrogens is 252 g/mol. The van der Waals surface area contributed by atoms with Crippen molar-refractivity contribution in [2.24, 2.45) is 5.92 Å². The van der Waals surface area contributed by atoms with Gasteiger partial charge in [0, 0.05) is 13.0 Å². The van der Waals surface area contributed by atoms with Gasteiger partial charge in [-0.3, -0.25) is 0 Å². The van der Waals surface area contributed by atoms with Crippen molar-refractivity contribution in [1.29, 1.82) is 0 Å². The summed E-state index contributed by atoms with van der Waals surface area (Å²) in [6.07, 6.45) is 5.90. The van der Waals surface area contributed by atoms with Gasteiger partial charge in [-0.15, -0.1) is 0 Å². The molecule has 2 fully saturated rings.